The number of rotatable bonds is 5. The van der Waals surface area contributed by atoms with Crippen molar-refractivity contribution in [1.82, 2.24) is 5.32 Å². The monoisotopic (exact) mass is 297 g/mol. The van der Waals surface area contributed by atoms with Gasteiger partial charge in [-0.2, -0.15) is 0 Å². The van der Waals surface area contributed by atoms with E-state index in [1.165, 1.54) is 29.5 Å². The molecule has 3 heteroatoms. The fourth-order valence-corrected chi connectivity index (χ4v) is 3.11. The molecule has 3 nitrogen and oxygen atoms in total. The summed E-state index contributed by atoms with van der Waals surface area (Å²) in [6.45, 7) is 0.875. The molecule has 0 bridgehead atoms. The van der Waals surface area contributed by atoms with Crippen molar-refractivity contribution in [1.29, 1.82) is 0 Å². The Kier molecular flexibility index (Phi) is 4.64. The Morgan fingerprint density at radius 2 is 1.73 bits per heavy atom. The number of benzene rings is 2. The fourth-order valence-electron chi connectivity index (χ4n) is 3.11. The number of hydrogen-bond acceptors (Lipinski definition) is 3. The second kappa shape index (κ2) is 6.84. The molecule has 2 aromatic carbocycles. The lowest BCUT2D eigenvalue weighted by Crippen LogP contribution is -2.24. The number of hydrogen-bond donors (Lipinski definition) is 1. The number of methoxy groups -OCH3 is 2. The predicted octanol–water partition coefficient (Wildman–Crippen LogP) is 3.87. The van der Waals surface area contributed by atoms with Crippen LogP contribution in [0, 0.1) is 0 Å². The van der Waals surface area contributed by atoms with Gasteiger partial charge < -0.3 is 14.8 Å². The van der Waals surface area contributed by atoms with E-state index in [0.717, 1.165) is 24.5 Å². The summed E-state index contributed by atoms with van der Waals surface area (Å²) in [6.07, 6.45) is 3.56. The lowest BCUT2D eigenvalue weighted by molar-refractivity contribution is 0.410. The summed E-state index contributed by atoms with van der Waals surface area (Å²) in [5.74, 6) is 1.86. The van der Waals surface area contributed by atoms with Crippen LogP contribution in [0.15, 0.2) is 42.5 Å². The van der Waals surface area contributed by atoms with Gasteiger partial charge in [0.05, 0.1) is 14.2 Å². The maximum absolute atomic E-state index is 5.33. The second-order valence-electron chi connectivity index (χ2n) is 5.74. The molecule has 1 atom stereocenters. The van der Waals surface area contributed by atoms with Crippen molar-refractivity contribution in [2.75, 3.05) is 14.2 Å². The Morgan fingerprint density at radius 1 is 1.00 bits per heavy atom. The molecule has 22 heavy (non-hydrogen) atoms. The molecule has 1 N–H and O–H groups in total. The molecule has 1 aliphatic carbocycles. The van der Waals surface area contributed by atoms with Crippen LogP contribution in [0.25, 0.3) is 0 Å². The average molecular weight is 297 g/mol. The van der Waals surface area contributed by atoms with E-state index in [4.69, 9.17) is 9.47 Å². The lowest BCUT2D eigenvalue weighted by atomic mass is 9.87. The highest BCUT2D eigenvalue weighted by molar-refractivity contribution is 5.39. The largest absolute Gasteiger partial charge is 0.497 e. The Labute approximate surface area is 132 Å². The third-order valence-electron chi connectivity index (χ3n) is 4.38. The van der Waals surface area contributed by atoms with Crippen LogP contribution in [0.2, 0.25) is 0 Å². The Bertz CT molecular complexity index is 622. The molecule has 1 unspecified atom stereocenters. The third-order valence-corrected chi connectivity index (χ3v) is 4.38. The van der Waals surface area contributed by atoms with Gasteiger partial charge in [0.15, 0.2) is 0 Å². The summed E-state index contributed by atoms with van der Waals surface area (Å²) in [5, 5.41) is 3.69. The molecule has 0 aromatic heterocycles. The minimum Gasteiger partial charge on any atom is -0.497 e. The van der Waals surface area contributed by atoms with Gasteiger partial charge in [-0.05, 0) is 60.2 Å². The summed E-state index contributed by atoms with van der Waals surface area (Å²) >= 11 is 0. The molecule has 0 saturated heterocycles. The summed E-state index contributed by atoms with van der Waals surface area (Å²) < 4.78 is 10.5. The smallest absolute Gasteiger partial charge is 0.119 e. The first-order chi connectivity index (χ1) is 10.8. The Morgan fingerprint density at radius 3 is 2.45 bits per heavy atom. The van der Waals surface area contributed by atoms with Crippen LogP contribution >= 0.6 is 0 Å². The molecule has 3 rings (SSSR count). The van der Waals surface area contributed by atoms with E-state index < -0.39 is 0 Å². The van der Waals surface area contributed by atoms with Crippen molar-refractivity contribution in [2.24, 2.45) is 0 Å². The maximum atomic E-state index is 5.33. The van der Waals surface area contributed by atoms with Crippen molar-refractivity contribution in [3.63, 3.8) is 0 Å². The summed E-state index contributed by atoms with van der Waals surface area (Å²) in [6, 6.07) is 15.1. The highest BCUT2D eigenvalue weighted by Crippen LogP contribution is 2.32. The minimum absolute atomic E-state index is 0.428. The van der Waals surface area contributed by atoms with E-state index in [-0.39, 0.29) is 0 Å². The van der Waals surface area contributed by atoms with Crippen molar-refractivity contribution >= 4 is 0 Å². The molecule has 116 valence electrons. The zero-order valence-corrected chi connectivity index (χ0v) is 13.3. The average Bonchev–Trinajstić information content (AvgIpc) is 2.59. The van der Waals surface area contributed by atoms with Gasteiger partial charge in [-0.15, -0.1) is 0 Å². The molecule has 0 radical (unpaired) electrons. The summed E-state index contributed by atoms with van der Waals surface area (Å²) in [7, 11) is 3.42. The standard InChI is InChI=1S/C19H23NO2/c1-21-16-8-6-14(7-9-16)13-20-19-5-3-4-15-12-17(22-2)10-11-18(15)19/h6-12,19-20H,3-5,13H2,1-2H3. The van der Waals surface area contributed by atoms with Crippen molar-refractivity contribution in [3.8, 4) is 11.5 Å². The van der Waals surface area contributed by atoms with E-state index >= 15 is 0 Å². The van der Waals surface area contributed by atoms with Crippen LogP contribution < -0.4 is 14.8 Å². The summed E-state index contributed by atoms with van der Waals surface area (Å²) in [4.78, 5) is 0. The fraction of sp³-hybridized carbons (Fsp3) is 0.368. The van der Waals surface area contributed by atoms with E-state index in [0.29, 0.717) is 6.04 Å². The van der Waals surface area contributed by atoms with Gasteiger partial charge in [0.2, 0.25) is 0 Å². The zero-order chi connectivity index (χ0) is 15.4. The van der Waals surface area contributed by atoms with Gasteiger partial charge in [0, 0.05) is 12.6 Å². The highest BCUT2D eigenvalue weighted by atomic mass is 16.5. The number of aryl methyl sites for hydroxylation is 1. The van der Waals surface area contributed by atoms with Crippen LogP contribution in [0.4, 0.5) is 0 Å². The molecule has 0 saturated carbocycles. The maximum Gasteiger partial charge on any atom is 0.119 e. The van der Waals surface area contributed by atoms with Gasteiger partial charge >= 0.3 is 0 Å². The first-order valence-electron chi connectivity index (χ1n) is 7.83. The molecule has 0 aliphatic heterocycles. The van der Waals surface area contributed by atoms with E-state index in [2.05, 4.69) is 35.6 Å². The van der Waals surface area contributed by atoms with Gasteiger partial charge in [0.1, 0.15) is 11.5 Å². The Hall–Kier alpha value is -2.00. The molecule has 0 heterocycles. The van der Waals surface area contributed by atoms with Crippen LogP contribution in [0.3, 0.4) is 0 Å². The molecule has 0 fully saturated rings. The van der Waals surface area contributed by atoms with Crippen molar-refractivity contribution in [2.45, 2.75) is 31.8 Å². The number of nitrogens with one attached hydrogen (secondary N) is 1. The predicted molar refractivity (Wildman–Crippen MR) is 88.5 cm³/mol. The Balaban J connectivity index is 1.68. The summed E-state index contributed by atoms with van der Waals surface area (Å²) in [5.41, 5.74) is 4.11. The van der Waals surface area contributed by atoms with Crippen LogP contribution in [0.5, 0.6) is 11.5 Å². The third kappa shape index (κ3) is 3.25. The molecule has 0 amide bonds. The number of fused-ring (bicyclic) bond motifs is 1. The number of ether oxygens (including phenoxy) is 2. The first kappa shape index (κ1) is 14.9. The van der Waals surface area contributed by atoms with E-state index in [1.807, 2.05) is 12.1 Å². The van der Waals surface area contributed by atoms with E-state index in [1.54, 1.807) is 14.2 Å². The van der Waals surface area contributed by atoms with Gasteiger partial charge in [-0.25, -0.2) is 0 Å². The van der Waals surface area contributed by atoms with Gasteiger partial charge in [-0.1, -0.05) is 18.2 Å². The molecular weight excluding hydrogens is 274 g/mol. The quantitative estimate of drug-likeness (QED) is 0.908. The van der Waals surface area contributed by atoms with Crippen molar-refractivity contribution < 1.29 is 9.47 Å². The highest BCUT2D eigenvalue weighted by Gasteiger charge is 2.20. The van der Waals surface area contributed by atoms with E-state index in [9.17, 15) is 0 Å². The van der Waals surface area contributed by atoms with Gasteiger partial charge in [-0.3, -0.25) is 0 Å². The van der Waals surface area contributed by atoms with Crippen molar-refractivity contribution in [3.05, 3.63) is 59.2 Å². The van der Waals surface area contributed by atoms with Crippen LogP contribution in [-0.4, -0.2) is 14.2 Å². The molecular formula is C19H23NO2. The molecule has 2 aromatic rings. The van der Waals surface area contributed by atoms with Gasteiger partial charge in [0.25, 0.3) is 0 Å². The second-order valence-corrected chi connectivity index (χ2v) is 5.74. The molecule has 1 aliphatic rings. The normalized spacial score (nSPS) is 16.9. The SMILES string of the molecule is COc1ccc(CNC2CCCc3cc(OC)ccc32)cc1. The lowest BCUT2D eigenvalue weighted by Gasteiger charge is -2.27. The zero-order valence-electron chi connectivity index (χ0n) is 13.3. The molecule has 0 spiro atoms. The minimum atomic E-state index is 0.428. The van der Waals surface area contributed by atoms with Crippen LogP contribution in [-0.2, 0) is 13.0 Å². The topological polar surface area (TPSA) is 30.5 Å². The van der Waals surface area contributed by atoms with Crippen LogP contribution in [0.1, 0.15) is 35.6 Å². The first-order valence-corrected chi connectivity index (χ1v) is 7.83.